The fourth-order valence-electron chi connectivity index (χ4n) is 7.43. The minimum absolute atomic E-state index is 0.0347. The van der Waals surface area contributed by atoms with Crippen LogP contribution in [-0.4, -0.2) is 17.9 Å². The summed E-state index contributed by atoms with van der Waals surface area (Å²) >= 11 is 0. The zero-order valence-corrected chi connectivity index (χ0v) is 18.1. The van der Waals surface area contributed by atoms with Crippen molar-refractivity contribution in [3.63, 3.8) is 0 Å². The lowest BCUT2D eigenvalue weighted by atomic mass is 9.52. The number of hydrogen-bond acceptors (Lipinski definition) is 3. The fraction of sp³-hybridized carbons (Fsp3) is 0.630. The fourth-order valence-corrected chi connectivity index (χ4v) is 7.43. The molecule has 6 atom stereocenters. The average molecular weight is 407 g/mol. The van der Waals surface area contributed by atoms with Crippen LogP contribution in [0.3, 0.4) is 0 Å². The van der Waals surface area contributed by atoms with E-state index >= 15 is 0 Å². The van der Waals surface area contributed by atoms with Crippen LogP contribution in [0.2, 0.25) is 0 Å². The van der Waals surface area contributed by atoms with Gasteiger partial charge in [0.2, 0.25) is 0 Å². The number of hydrogen-bond donors (Lipinski definition) is 0. The van der Waals surface area contributed by atoms with Gasteiger partial charge in [0.1, 0.15) is 6.10 Å². The third-order valence-corrected chi connectivity index (χ3v) is 8.95. The minimum Gasteiger partial charge on any atom is -0.462 e. The number of carbonyl (C=O) groups excluding carboxylic acids is 2. The predicted octanol–water partition coefficient (Wildman–Crippen LogP) is 5.67. The zero-order chi connectivity index (χ0) is 20.7. The Balaban J connectivity index is 1.23. The highest BCUT2D eigenvalue weighted by molar-refractivity contribution is 5.91. The van der Waals surface area contributed by atoms with E-state index in [0.29, 0.717) is 24.0 Å². The van der Waals surface area contributed by atoms with Crippen molar-refractivity contribution in [3.05, 3.63) is 47.5 Å². The van der Waals surface area contributed by atoms with Gasteiger partial charge in [-0.3, -0.25) is 9.59 Å². The number of ketones is 1. The van der Waals surface area contributed by atoms with E-state index < -0.39 is 0 Å². The molecule has 3 fully saturated rings. The van der Waals surface area contributed by atoms with E-state index in [0.717, 1.165) is 50.4 Å². The molecule has 160 valence electrons. The van der Waals surface area contributed by atoms with Gasteiger partial charge >= 0.3 is 5.97 Å². The normalized spacial score (nSPS) is 37.6. The first-order valence-corrected chi connectivity index (χ1v) is 12.0. The summed E-state index contributed by atoms with van der Waals surface area (Å²) in [5.41, 5.74) is 2.77. The van der Waals surface area contributed by atoms with Crippen LogP contribution < -0.4 is 0 Å². The van der Waals surface area contributed by atoms with Crippen LogP contribution in [0.25, 0.3) is 0 Å². The molecule has 30 heavy (non-hydrogen) atoms. The Hall–Kier alpha value is -1.90. The third-order valence-electron chi connectivity index (χ3n) is 8.95. The summed E-state index contributed by atoms with van der Waals surface area (Å²) in [6.45, 7) is 2.39. The molecule has 0 spiro atoms. The van der Waals surface area contributed by atoms with Crippen molar-refractivity contribution in [2.45, 2.75) is 77.2 Å². The first-order chi connectivity index (χ1) is 14.5. The van der Waals surface area contributed by atoms with Gasteiger partial charge in [0.15, 0.2) is 5.78 Å². The Labute approximate surface area is 180 Å². The monoisotopic (exact) mass is 406 g/mol. The molecule has 0 aliphatic heterocycles. The molecule has 0 amide bonds. The van der Waals surface area contributed by atoms with E-state index in [1.54, 1.807) is 0 Å². The van der Waals surface area contributed by atoms with Crippen LogP contribution in [0.15, 0.2) is 42.0 Å². The molecule has 3 nitrogen and oxygen atoms in total. The molecule has 0 aromatic heterocycles. The van der Waals surface area contributed by atoms with Crippen molar-refractivity contribution in [1.29, 1.82) is 0 Å². The zero-order valence-electron chi connectivity index (χ0n) is 18.1. The smallest absolute Gasteiger partial charge is 0.306 e. The van der Waals surface area contributed by atoms with Crippen LogP contribution >= 0.6 is 0 Å². The summed E-state index contributed by atoms with van der Waals surface area (Å²) in [6, 6.07) is 10.2. The van der Waals surface area contributed by atoms with Crippen LogP contribution in [0.5, 0.6) is 0 Å². The van der Waals surface area contributed by atoms with E-state index in [1.807, 2.05) is 24.3 Å². The van der Waals surface area contributed by atoms with Crippen LogP contribution in [0.1, 0.15) is 70.3 Å². The molecular weight excluding hydrogens is 372 g/mol. The van der Waals surface area contributed by atoms with E-state index in [4.69, 9.17) is 4.74 Å². The summed E-state index contributed by atoms with van der Waals surface area (Å²) in [7, 11) is 0. The van der Waals surface area contributed by atoms with Crippen molar-refractivity contribution in [1.82, 2.24) is 0 Å². The molecule has 0 radical (unpaired) electrons. The molecule has 5 unspecified atom stereocenters. The van der Waals surface area contributed by atoms with Crippen molar-refractivity contribution in [2.24, 2.45) is 29.1 Å². The van der Waals surface area contributed by atoms with Gasteiger partial charge in [-0.15, -0.1) is 0 Å². The molecule has 4 aliphatic carbocycles. The maximum absolute atomic E-state index is 12.6. The first kappa shape index (κ1) is 20.0. The minimum atomic E-state index is -0.0347. The second-order valence-electron chi connectivity index (χ2n) is 10.4. The van der Waals surface area contributed by atoms with Crippen molar-refractivity contribution in [3.8, 4) is 0 Å². The standard InChI is InChI=1S/C27H34O3/c1-27-16-15-22-21-11-9-20(28)17-19(21)8-10-23(22)24(27)12-13-25(27)30-26(29)14-7-18-5-3-2-4-6-18/h2-6,17,21-25H,7-16H2,1H3/t21?,22?,23?,24?,25?,27-/m0/s1. The number of benzene rings is 1. The molecule has 0 saturated heterocycles. The molecule has 0 N–H and O–H groups in total. The van der Waals surface area contributed by atoms with Gasteiger partial charge in [-0.25, -0.2) is 0 Å². The van der Waals surface area contributed by atoms with Crippen molar-refractivity contribution in [2.75, 3.05) is 0 Å². The molecule has 5 rings (SSSR count). The Morgan fingerprint density at radius 3 is 2.70 bits per heavy atom. The Bertz CT molecular complexity index is 841. The molecule has 0 bridgehead atoms. The number of aryl methyl sites for hydroxylation is 1. The molecule has 4 aliphatic rings. The van der Waals surface area contributed by atoms with Crippen LogP contribution in [-0.2, 0) is 20.7 Å². The van der Waals surface area contributed by atoms with E-state index in [2.05, 4.69) is 19.1 Å². The van der Waals surface area contributed by atoms with Gasteiger partial charge in [0, 0.05) is 18.3 Å². The maximum atomic E-state index is 12.6. The number of allylic oxidation sites excluding steroid dienone is 1. The molecule has 1 aromatic rings. The van der Waals surface area contributed by atoms with E-state index in [1.165, 1.54) is 30.4 Å². The molecule has 3 saturated carbocycles. The van der Waals surface area contributed by atoms with Gasteiger partial charge in [0.25, 0.3) is 0 Å². The van der Waals surface area contributed by atoms with Gasteiger partial charge in [-0.05, 0) is 86.7 Å². The van der Waals surface area contributed by atoms with Gasteiger partial charge in [-0.2, -0.15) is 0 Å². The number of carbonyl (C=O) groups is 2. The van der Waals surface area contributed by atoms with Gasteiger partial charge < -0.3 is 4.74 Å². The SMILES string of the molecule is C[C@]12CCC3C4CCC(=O)C=C4CCC3C1CCC2OC(=O)CCc1ccccc1. The summed E-state index contributed by atoms with van der Waals surface area (Å²) in [4.78, 5) is 24.5. The highest BCUT2D eigenvalue weighted by atomic mass is 16.5. The molecule has 3 heteroatoms. The largest absolute Gasteiger partial charge is 0.462 e. The summed E-state index contributed by atoms with van der Waals surface area (Å²) in [5.74, 6) is 3.09. The van der Waals surface area contributed by atoms with Gasteiger partial charge in [-0.1, -0.05) is 42.8 Å². The lowest BCUT2D eigenvalue weighted by Crippen LogP contribution is -2.48. The maximum Gasteiger partial charge on any atom is 0.306 e. The predicted molar refractivity (Wildman–Crippen MR) is 117 cm³/mol. The van der Waals surface area contributed by atoms with Crippen molar-refractivity contribution < 1.29 is 14.3 Å². The number of ether oxygens (including phenoxy) is 1. The quantitative estimate of drug-likeness (QED) is 0.605. The number of esters is 1. The summed E-state index contributed by atoms with van der Waals surface area (Å²) < 4.78 is 6.11. The Morgan fingerprint density at radius 1 is 1.03 bits per heavy atom. The van der Waals surface area contributed by atoms with Crippen molar-refractivity contribution >= 4 is 11.8 Å². The topological polar surface area (TPSA) is 43.4 Å². The lowest BCUT2D eigenvalue weighted by molar-refractivity contribution is -0.158. The lowest BCUT2D eigenvalue weighted by Gasteiger charge is -2.53. The van der Waals surface area contributed by atoms with Gasteiger partial charge in [0.05, 0.1) is 0 Å². The summed E-state index contributed by atoms with van der Waals surface area (Å²) in [6.07, 6.45) is 12.0. The number of fused-ring (bicyclic) bond motifs is 5. The first-order valence-electron chi connectivity index (χ1n) is 12.0. The Kier molecular flexibility index (Phi) is 5.33. The molecule has 1 aromatic carbocycles. The second kappa shape index (κ2) is 7.98. The van der Waals surface area contributed by atoms with Crippen LogP contribution in [0, 0.1) is 29.1 Å². The highest BCUT2D eigenvalue weighted by Crippen LogP contribution is 2.62. The van der Waals surface area contributed by atoms with Crippen LogP contribution in [0.4, 0.5) is 0 Å². The average Bonchev–Trinajstić information content (AvgIpc) is 3.09. The highest BCUT2D eigenvalue weighted by Gasteiger charge is 2.57. The third kappa shape index (κ3) is 3.55. The van der Waals surface area contributed by atoms with E-state index in [9.17, 15) is 9.59 Å². The molecular formula is C27H34O3. The number of rotatable bonds is 4. The second-order valence-corrected chi connectivity index (χ2v) is 10.4. The molecule has 0 heterocycles. The van der Waals surface area contributed by atoms with E-state index in [-0.39, 0.29) is 17.5 Å². The Morgan fingerprint density at radius 2 is 1.87 bits per heavy atom. The summed E-state index contributed by atoms with van der Waals surface area (Å²) in [5, 5.41) is 0.